The summed E-state index contributed by atoms with van der Waals surface area (Å²) in [5.74, 6) is 0.966. The van der Waals surface area contributed by atoms with Gasteiger partial charge < -0.3 is 9.73 Å². The van der Waals surface area contributed by atoms with E-state index in [0.717, 1.165) is 18.8 Å². The zero-order chi connectivity index (χ0) is 11.1. The summed E-state index contributed by atoms with van der Waals surface area (Å²) in [5.41, 5.74) is 1.22. The van der Waals surface area contributed by atoms with E-state index in [9.17, 15) is 0 Å². The SMILES string of the molecule is C(=C/c1ccccc1)/CNCc1ccco1. The van der Waals surface area contributed by atoms with Crippen molar-refractivity contribution in [2.24, 2.45) is 0 Å². The molecule has 2 aromatic rings. The molecule has 1 heterocycles. The summed E-state index contributed by atoms with van der Waals surface area (Å²) in [6.45, 7) is 1.61. The van der Waals surface area contributed by atoms with Gasteiger partial charge in [0.1, 0.15) is 5.76 Å². The minimum atomic E-state index is 0.770. The second kappa shape index (κ2) is 5.93. The highest BCUT2D eigenvalue weighted by molar-refractivity contribution is 5.48. The van der Waals surface area contributed by atoms with Crippen LogP contribution in [0, 0.1) is 0 Å². The monoisotopic (exact) mass is 213 g/mol. The lowest BCUT2D eigenvalue weighted by Gasteiger charge is -1.97. The van der Waals surface area contributed by atoms with Crippen LogP contribution in [0.1, 0.15) is 11.3 Å². The molecule has 0 unspecified atom stereocenters. The molecule has 1 aromatic carbocycles. The molecule has 0 spiro atoms. The molecular weight excluding hydrogens is 198 g/mol. The first-order valence-electron chi connectivity index (χ1n) is 5.40. The molecule has 0 aliphatic rings. The van der Waals surface area contributed by atoms with Crippen molar-refractivity contribution >= 4 is 6.08 Å². The van der Waals surface area contributed by atoms with E-state index in [-0.39, 0.29) is 0 Å². The fraction of sp³-hybridized carbons (Fsp3) is 0.143. The summed E-state index contributed by atoms with van der Waals surface area (Å²) in [4.78, 5) is 0. The normalized spacial score (nSPS) is 11.0. The van der Waals surface area contributed by atoms with Crippen molar-refractivity contribution in [3.63, 3.8) is 0 Å². The van der Waals surface area contributed by atoms with Crippen LogP contribution in [-0.2, 0) is 6.54 Å². The van der Waals surface area contributed by atoms with Gasteiger partial charge in [-0.1, -0.05) is 42.5 Å². The molecule has 1 aromatic heterocycles. The van der Waals surface area contributed by atoms with Crippen molar-refractivity contribution in [3.8, 4) is 0 Å². The Morgan fingerprint density at radius 1 is 1.06 bits per heavy atom. The Bertz CT molecular complexity index is 417. The van der Waals surface area contributed by atoms with E-state index in [1.807, 2.05) is 30.3 Å². The number of rotatable bonds is 5. The van der Waals surface area contributed by atoms with Gasteiger partial charge in [0, 0.05) is 6.54 Å². The van der Waals surface area contributed by atoms with Gasteiger partial charge in [-0.25, -0.2) is 0 Å². The lowest BCUT2D eigenvalue weighted by Crippen LogP contribution is -2.11. The summed E-state index contributed by atoms with van der Waals surface area (Å²) < 4.78 is 5.21. The number of hydrogen-bond acceptors (Lipinski definition) is 2. The molecule has 0 saturated heterocycles. The van der Waals surface area contributed by atoms with Crippen LogP contribution in [0.25, 0.3) is 6.08 Å². The third-order valence-corrected chi connectivity index (χ3v) is 2.25. The van der Waals surface area contributed by atoms with Gasteiger partial charge in [-0.3, -0.25) is 0 Å². The van der Waals surface area contributed by atoms with Gasteiger partial charge in [0.25, 0.3) is 0 Å². The lowest BCUT2D eigenvalue weighted by atomic mass is 10.2. The molecule has 1 N–H and O–H groups in total. The molecule has 0 saturated carbocycles. The smallest absolute Gasteiger partial charge is 0.117 e. The van der Waals surface area contributed by atoms with Gasteiger partial charge >= 0.3 is 0 Å². The first-order valence-corrected chi connectivity index (χ1v) is 5.40. The number of nitrogens with one attached hydrogen (secondary N) is 1. The molecule has 2 rings (SSSR count). The number of furan rings is 1. The van der Waals surface area contributed by atoms with Gasteiger partial charge in [0.05, 0.1) is 12.8 Å². The first kappa shape index (κ1) is 10.7. The molecule has 82 valence electrons. The van der Waals surface area contributed by atoms with Crippen molar-refractivity contribution < 1.29 is 4.42 Å². The second-order valence-corrected chi connectivity index (χ2v) is 3.52. The minimum Gasteiger partial charge on any atom is -0.468 e. The van der Waals surface area contributed by atoms with Crippen molar-refractivity contribution in [1.29, 1.82) is 0 Å². The van der Waals surface area contributed by atoms with E-state index >= 15 is 0 Å². The van der Waals surface area contributed by atoms with Crippen LogP contribution in [0.4, 0.5) is 0 Å². The minimum absolute atomic E-state index is 0.770. The Kier molecular flexibility index (Phi) is 3.97. The van der Waals surface area contributed by atoms with Gasteiger partial charge in [-0.15, -0.1) is 0 Å². The average Bonchev–Trinajstić information content (AvgIpc) is 2.83. The highest BCUT2D eigenvalue weighted by Crippen LogP contribution is 2.01. The van der Waals surface area contributed by atoms with Crippen LogP contribution in [0.5, 0.6) is 0 Å². The van der Waals surface area contributed by atoms with E-state index < -0.39 is 0 Å². The molecule has 0 bridgehead atoms. The van der Waals surface area contributed by atoms with Crippen molar-refractivity contribution in [3.05, 3.63) is 66.1 Å². The predicted molar refractivity (Wildman–Crippen MR) is 65.9 cm³/mol. The van der Waals surface area contributed by atoms with Crippen molar-refractivity contribution in [1.82, 2.24) is 5.32 Å². The summed E-state index contributed by atoms with van der Waals surface area (Å²) in [7, 11) is 0. The van der Waals surface area contributed by atoms with Gasteiger partial charge in [0.15, 0.2) is 0 Å². The van der Waals surface area contributed by atoms with E-state index in [1.165, 1.54) is 5.56 Å². The van der Waals surface area contributed by atoms with E-state index in [2.05, 4.69) is 29.6 Å². The van der Waals surface area contributed by atoms with Crippen LogP contribution in [0.3, 0.4) is 0 Å². The van der Waals surface area contributed by atoms with Crippen LogP contribution in [0.2, 0.25) is 0 Å². The molecule has 0 fully saturated rings. The number of benzene rings is 1. The molecule has 0 aliphatic carbocycles. The van der Waals surface area contributed by atoms with Crippen molar-refractivity contribution in [2.45, 2.75) is 6.54 Å². The summed E-state index contributed by atoms with van der Waals surface area (Å²) in [6.07, 6.45) is 5.91. The van der Waals surface area contributed by atoms with Crippen LogP contribution >= 0.6 is 0 Å². The molecule has 2 nitrogen and oxygen atoms in total. The Labute approximate surface area is 95.6 Å². The topological polar surface area (TPSA) is 25.2 Å². The van der Waals surface area contributed by atoms with Gasteiger partial charge in [-0.05, 0) is 17.7 Å². The fourth-order valence-corrected chi connectivity index (χ4v) is 1.45. The molecule has 0 aliphatic heterocycles. The van der Waals surface area contributed by atoms with Crippen molar-refractivity contribution in [2.75, 3.05) is 6.54 Å². The second-order valence-electron chi connectivity index (χ2n) is 3.52. The maximum Gasteiger partial charge on any atom is 0.117 e. The van der Waals surface area contributed by atoms with Gasteiger partial charge in [0.2, 0.25) is 0 Å². The Morgan fingerprint density at radius 3 is 2.69 bits per heavy atom. The summed E-state index contributed by atoms with van der Waals surface area (Å²) in [6, 6.07) is 14.1. The molecule has 0 radical (unpaired) electrons. The fourth-order valence-electron chi connectivity index (χ4n) is 1.45. The maximum absolute atomic E-state index is 5.21. The zero-order valence-electron chi connectivity index (χ0n) is 9.10. The van der Waals surface area contributed by atoms with E-state index in [4.69, 9.17) is 4.42 Å². The summed E-state index contributed by atoms with van der Waals surface area (Å²) >= 11 is 0. The summed E-state index contributed by atoms with van der Waals surface area (Å²) in [5, 5.41) is 3.28. The zero-order valence-corrected chi connectivity index (χ0v) is 9.10. The Morgan fingerprint density at radius 2 is 1.94 bits per heavy atom. The largest absolute Gasteiger partial charge is 0.468 e. The maximum atomic E-state index is 5.21. The third-order valence-electron chi connectivity index (χ3n) is 2.25. The first-order chi connectivity index (χ1) is 7.95. The van der Waals surface area contributed by atoms with E-state index in [1.54, 1.807) is 6.26 Å². The van der Waals surface area contributed by atoms with Crippen LogP contribution in [-0.4, -0.2) is 6.54 Å². The molecular formula is C14H15NO. The third kappa shape index (κ3) is 3.41. The van der Waals surface area contributed by atoms with Gasteiger partial charge in [-0.2, -0.15) is 0 Å². The standard InChI is InChI=1S/C14H15NO/c1-2-6-13(7-3-1)8-4-10-15-12-14-9-5-11-16-14/h1-9,11,15H,10,12H2/b8-4-. The Hall–Kier alpha value is -1.80. The Balaban J connectivity index is 1.70. The molecule has 0 atom stereocenters. The van der Waals surface area contributed by atoms with Crippen LogP contribution in [0.15, 0.2) is 59.2 Å². The molecule has 2 heteroatoms. The van der Waals surface area contributed by atoms with Crippen LogP contribution < -0.4 is 5.32 Å². The molecule has 0 amide bonds. The average molecular weight is 213 g/mol. The number of hydrogen-bond donors (Lipinski definition) is 1. The highest BCUT2D eigenvalue weighted by atomic mass is 16.3. The molecule has 16 heavy (non-hydrogen) atoms. The highest BCUT2D eigenvalue weighted by Gasteiger charge is 1.91. The lowest BCUT2D eigenvalue weighted by molar-refractivity contribution is 0.490. The predicted octanol–water partition coefficient (Wildman–Crippen LogP) is 3.08. The van der Waals surface area contributed by atoms with E-state index in [0.29, 0.717) is 0 Å². The quantitative estimate of drug-likeness (QED) is 0.772.